The molecule has 8 nitrogen and oxygen atoms in total. The molecular formula is C23H31N7O. The molecule has 0 radical (unpaired) electrons. The maximum Gasteiger partial charge on any atom is 0.237 e. The van der Waals surface area contributed by atoms with Crippen molar-refractivity contribution < 1.29 is 4.79 Å². The number of nitriles is 1. The second kappa shape index (κ2) is 9.16. The number of piperazine rings is 1. The van der Waals surface area contributed by atoms with Gasteiger partial charge in [-0.25, -0.2) is 0 Å². The van der Waals surface area contributed by atoms with Crippen molar-refractivity contribution in [1.29, 1.82) is 5.26 Å². The van der Waals surface area contributed by atoms with Crippen LogP contribution in [0, 0.1) is 17.2 Å². The van der Waals surface area contributed by atoms with E-state index in [9.17, 15) is 10.1 Å². The number of benzene rings is 1. The van der Waals surface area contributed by atoms with Crippen LogP contribution in [0.3, 0.4) is 0 Å². The molecule has 1 aromatic heterocycles. The lowest BCUT2D eigenvalue weighted by molar-refractivity contribution is -0.127. The molecule has 2 saturated heterocycles. The molecule has 4 rings (SSSR count). The number of fused-ring (bicyclic) bond motifs is 1. The first-order valence-corrected chi connectivity index (χ1v) is 11.1. The molecule has 0 unspecified atom stereocenters. The van der Waals surface area contributed by atoms with Crippen molar-refractivity contribution in [1.82, 2.24) is 25.1 Å². The van der Waals surface area contributed by atoms with E-state index in [1.807, 2.05) is 19.1 Å². The summed E-state index contributed by atoms with van der Waals surface area (Å²) in [7, 11) is 2.12. The van der Waals surface area contributed by atoms with E-state index in [0.29, 0.717) is 17.0 Å². The molecule has 0 aliphatic carbocycles. The van der Waals surface area contributed by atoms with Crippen LogP contribution in [0.25, 0.3) is 11.0 Å². The molecule has 3 atom stereocenters. The number of nitrogens with one attached hydrogen (secondary N) is 1. The maximum absolute atomic E-state index is 13.0. The number of hydrogen-bond donors (Lipinski definition) is 1. The van der Waals surface area contributed by atoms with E-state index >= 15 is 0 Å². The van der Waals surface area contributed by atoms with Gasteiger partial charge in [0.2, 0.25) is 5.91 Å². The Morgan fingerprint density at radius 1 is 1.16 bits per heavy atom. The summed E-state index contributed by atoms with van der Waals surface area (Å²) in [5.41, 5.74) is 2.87. The number of carbonyl (C=O) groups excluding carboxylic acids is 1. The molecule has 0 spiro atoms. The normalized spacial score (nSPS) is 24.0. The van der Waals surface area contributed by atoms with Crippen LogP contribution < -0.4 is 10.2 Å². The van der Waals surface area contributed by atoms with Gasteiger partial charge in [-0.3, -0.25) is 19.7 Å². The van der Waals surface area contributed by atoms with Gasteiger partial charge in [-0.2, -0.15) is 5.26 Å². The molecular weight excluding hydrogens is 390 g/mol. The van der Waals surface area contributed by atoms with E-state index in [1.54, 1.807) is 12.4 Å². The Balaban J connectivity index is 1.48. The molecule has 1 N–H and O–H groups in total. The largest absolute Gasteiger partial charge is 0.367 e. The molecule has 2 aromatic rings. The number of nitrogens with zero attached hydrogens (tertiary/aromatic N) is 6. The first-order chi connectivity index (χ1) is 15.0. The number of carbonyl (C=O) groups is 1. The second-order valence-corrected chi connectivity index (χ2v) is 8.96. The SMILES string of the molecule is C[C@H]1C[C@@H](NC(=O)[C@H](C)N2CCN(C)CC2)CN(c2ccc(C#N)c3nccnc23)C1. The first kappa shape index (κ1) is 21.5. The number of rotatable bonds is 4. The zero-order chi connectivity index (χ0) is 22.0. The Hall–Kier alpha value is -2.76. The fraction of sp³-hybridized carbons (Fsp3) is 0.565. The van der Waals surface area contributed by atoms with Crippen molar-refractivity contribution in [3.8, 4) is 6.07 Å². The van der Waals surface area contributed by atoms with Crippen molar-refractivity contribution >= 4 is 22.6 Å². The molecule has 164 valence electrons. The predicted molar refractivity (Wildman–Crippen MR) is 121 cm³/mol. The fourth-order valence-corrected chi connectivity index (χ4v) is 4.74. The van der Waals surface area contributed by atoms with Crippen LogP contribution in [0.2, 0.25) is 0 Å². The van der Waals surface area contributed by atoms with Gasteiger partial charge < -0.3 is 15.1 Å². The van der Waals surface area contributed by atoms with Crippen LogP contribution in [0.15, 0.2) is 24.5 Å². The summed E-state index contributed by atoms with van der Waals surface area (Å²) < 4.78 is 0. The molecule has 1 aromatic carbocycles. The van der Waals surface area contributed by atoms with Crippen molar-refractivity contribution in [2.45, 2.75) is 32.4 Å². The van der Waals surface area contributed by atoms with Crippen molar-refractivity contribution in [3.05, 3.63) is 30.1 Å². The highest BCUT2D eigenvalue weighted by Gasteiger charge is 2.30. The summed E-state index contributed by atoms with van der Waals surface area (Å²) in [6.07, 6.45) is 4.24. The van der Waals surface area contributed by atoms with Crippen molar-refractivity contribution in [2.24, 2.45) is 5.92 Å². The Kier molecular flexibility index (Phi) is 6.35. The zero-order valence-electron chi connectivity index (χ0n) is 18.6. The lowest BCUT2D eigenvalue weighted by atomic mass is 9.94. The van der Waals surface area contributed by atoms with E-state index in [4.69, 9.17) is 0 Å². The Bertz CT molecular complexity index is 980. The third kappa shape index (κ3) is 4.63. The fourth-order valence-electron chi connectivity index (χ4n) is 4.74. The molecule has 2 fully saturated rings. The van der Waals surface area contributed by atoms with E-state index < -0.39 is 0 Å². The van der Waals surface area contributed by atoms with E-state index in [2.05, 4.69) is 50.0 Å². The highest BCUT2D eigenvalue weighted by molar-refractivity contribution is 5.92. The molecule has 8 heteroatoms. The maximum atomic E-state index is 13.0. The lowest BCUT2D eigenvalue weighted by Gasteiger charge is -2.40. The first-order valence-electron chi connectivity index (χ1n) is 11.1. The molecule has 0 bridgehead atoms. The summed E-state index contributed by atoms with van der Waals surface area (Å²) in [5.74, 6) is 0.536. The third-order valence-electron chi connectivity index (χ3n) is 6.54. The highest BCUT2D eigenvalue weighted by Crippen LogP contribution is 2.30. The van der Waals surface area contributed by atoms with Gasteiger partial charge in [-0.15, -0.1) is 0 Å². The number of hydrogen-bond acceptors (Lipinski definition) is 7. The number of likely N-dealkylation sites (N-methyl/N-ethyl adjacent to an activating group) is 1. The van der Waals surface area contributed by atoms with Gasteiger partial charge in [-0.05, 0) is 38.4 Å². The average Bonchev–Trinajstić information content (AvgIpc) is 2.78. The zero-order valence-corrected chi connectivity index (χ0v) is 18.6. The minimum Gasteiger partial charge on any atom is -0.367 e. The minimum absolute atomic E-state index is 0.0773. The summed E-state index contributed by atoms with van der Waals surface area (Å²) in [6.45, 7) is 9.68. The standard InChI is InChI=1S/C23H31N7O/c1-16-12-19(27-23(31)17(2)29-10-8-28(3)9-11-29)15-30(14-16)20-5-4-18(13-24)21-22(20)26-7-6-25-21/h4-7,16-17,19H,8-12,14-15H2,1-3H3,(H,27,31)/t16-,17-,19+/m0/s1. The molecule has 2 aliphatic heterocycles. The monoisotopic (exact) mass is 421 g/mol. The van der Waals surface area contributed by atoms with Crippen molar-refractivity contribution in [2.75, 3.05) is 51.2 Å². The van der Waals surface area contributed by atoms with Gasteiger partial charge in [0, 0.05) is 57.7 Å². The number of piperidine rings is 1. The van der Waals surface area contributed by atoms with Crippen molar-refractivity contribution in [3.63, 3.8) is 0 Å². The highest BCUT2D eigenvalue weighted by atomic mass is 16.2. The topological polar surface area (TPSA) is 88.4 Å². The Morgan fingerprint density at radius 2 is 1.87 bits per heavy atom. The van der Waals surface area contributed by atoms with E-state index in [1.165, 1.54) is 0 Å². The summed E-state index contributed by atoms with van der Waals surface area (Å²) >= 11 is 0. The average molecular weight is 422 g/mol. The van der Waals surface area contributed by atoms with Crippen LogP contribution in [0.4, 0.5) is 5.69 Å². The van der Waals surface area contributed by atoms with Crippen LogP contribution >= 0.6 is 0 Å². The molecule has 0 saturated carbocycles. The molecule has 2 aliphatic rings. The van der Waals surface area contributed by atoms with Crippen LogP contribution in [0.1, 0.15) is 25.8 Å². The van der Waals surface area contributed by atoms with Gasteiger partial charge in [0.05, 0.1) is 17.3 Å². The number of amides is 1. The van der Waals surface area contributed by atoms with Gasteiger partial charge >= 0.3 is 0 Å². The van der Waals surface area contributed by atoms with Crippen LogP contribution in [0.5, 0.6) is 0 Å². The number of anilines is 1. The minimum atomic E-state index is -0.124. The Labute approximate surface area is 183 Å². The van der Waals surface area contributed by atoms with E-state index in [-0.39, 0.29) is 18.0 Å². The molecule has 3 heterocycles. The van der Waals surface area contributed by atoms with Crippen LogP contribution in [-0.4, -0.2) is 84.1 Å². The molecule has 31 heavy (non-hydrogen) atoms. The Morgan fingerprint density at radius 3 is 2.58 bits per heavy atom. The smallest absolute Gasteiger partial charge is 0.237 e. The van der Waals surface area contributed by atoms with Gasteiger partial charge in [-0.1, -0.05) is 6.92 Å². The summed E-state index contributed by atoms with van der Waals surface area (Å²) in [6, 6.07) is 5.93. The van der Waals surface area contributed by atoms with Gasteiger partial charge in [0.25, 0.3) is 0 Å². The second-order valence-electron chi connectivity index (χ2n) is 8.96. The van der Waals surface area contributed by atoms with Gasteiger partial charge in [0.15, 0.2) is 0 Å². The van der Waals surface area contributed by atoms with Crippen LogP contribution in [-0.2, 0) is 4.79 Å². The number of aromatic nitrogens is 2. The predicted octanol–water partition coefficient (Wildman–Crippen LogP) is 1.47. The van der Waals surface area contributed by atoms with E-state index in [0.717, 1.165) is 56.9 Å². The summed E-state index contributed by atoms with van der Waals surface area (Å²) in [4.78, 5) is 28.7. The lowest BCUT2D eigenvalue weighted by Crippen LogP contribution is -2.57. The van der Waals surface area contributed by atoms with Gasteiger partial charge in [0.1, 0.15) is 17.1 Å². The quantitative estimate of drug-likeness (QED) is 0.800. The summed E-state index contributed by atoms with van der Waals surface area (Å²) in [5, 5.41) is 12.7. The molecule has 1 amide bonds. The third-order valence-corrected chi connectivity index (χ3v) is 6.54.